The van der Waals surface area contributed by atoms with Gasteiger partial charge in [-0.1, -0.05) is 30.3 Å². The standard InChI is InChI=1S/C21H17F3N4O2S/c22-21(23,24)15-7-4-6-14(12-15)13-27-11-5-10-17(19(27)30)18(29)26-28(20(25)31)16-8-2-1-3-9-16/h1-12H,13H2,(H2,25,31)(H,26,29). The fourth-order valence-corrected chi connectivity index (χ4v) is 3.01. The van der Waals surface area contributed by atoms with E-state index in [0.717, 1.165) is 21.7 Å². The second-order valence-electron chi connectivity index (χ2n) is 6.50. The molecule has 0 saturated carbocycles. The predicted molar refractivity (Wildman–Crippen MR) is 114 cm³/mol. The second-order valence-corrected chi connectivity index (χ2v) is 6.92. The molecule has 0 bridgehead atoms. The highest BCUT2D eigenvalue weighted by Gasteiger charge is 2.30. The number of halogens is 3. The molecule has 1 aromatic heterocycles. The van der Waals surface area contributed by atoms with Crippen LogP contribution in [0.15, 0.2) is 77.7 Å². The maximum absolute atomic E-state index is 12.9. The van der Waals surface area contributed by atoms with E-state index >= 15 is 0 Å². The van der Waals surface area contributed by atoms with Crippen molar-refractivity contribution in [2.45, 2.75) is 12.7 Å². The number of alkyl halides is 3. The van der Waals surface area contributed by atoms with Crippen LogP contribution in [0.25, 0.3) is 0 Å². The summed E-state index contributed by atoms with van der Waals surface area (Å²) in [5, 5.41) is 1.01. The molecule has 0 saturated heterocycles. The number of carbonyl (C=O) groups excluding carboxylic acids is 1. The minimum atomic E-state index is -4.50. The van der Waals surface area contributed by atoms with Crippen molar-refractivity contribution in [3.05, 3.63) is 100.0 Å². The Kier molecular flexibility index (Phi) is 6.40. The number of hydrogen-bond donors (Lipinski definition) is 2. The number of para-hydroxylation sites is 1. The number of carbonyl (C=O) groups is 1. The summed E-state index contributed by atoms with van der Waals surface area (Å²) in [6.45, 7) is -0.137. The van der Waals surface area contributed by atoms with Crippen LogP contribution < -0.4 is 21.7 Å². The van der Waals surface area contributed by atoms with Gasteiger partial charge in [-0.3, -0.25) is 15.0 Å². The smallest absolute Gasteiger partial charge is 0.374 e. The monoisotopic (exact) mass is 446 g/mol. The molecule has 3 N–H and O–H groups in total. The van der Waals surface area contributed by atoms with Crippen molar-refractivity contribution in [3.63, 3.8) is 0 Å². The maximum Gasteiger partial charge on any atom is 0.416 e. The van der Waals surface area contributed by atoms with Gasteiger partial charge < -0.3 is 10.3 Å². The summed E-state index contributed by atoms with van der Waals surface area (Å²) in [5.41, 5.74) is 7.21. The van der Waals surface area contributed by atoms with Gasteiger partial charge in [0.15, 0.2) is 5.11 Å². The molecule has 3 rings (SSSR count). The Labute approximate surface area is 180 Å². The normalized spacial score (nSPS) is 11.1. The number of hydrazine groups is 1. The van der Waals surface area contributed by atoms with Gasteiger partial charge in [-0.2, -0.15) is 13.2 Å². The van der Waals surface area contributed by atoms with Gasteiger partial charge in [0.1, 0.15) is 5.56 Å². The van der Waals surface area contributed by atoms with Crippen LogP contribution in [0.3, 0.4) is 0 Å². The van der Waals surface area contributed by atoms with Crippen LogP contribution in [0.2, 0.25) is 0 Å². The molecule has 1 heterocycles. The van der Waals surface area contributed by atoms with Crippen LogP contribution in [0.4, 0.5) is 18.9 Å². The minimum Gasteiger partial charge on any atom is -0.374 e. The number of aromatic nitrogens is 1. The van der Waals surface area contributed by atoms with Crippen LogP contribution in [0.5, 0.6) is 0 Å². The van der Waals surface area contributed by atoms with Crippen molar-refractivity contribution >= 4 is 28.9 Å². The first-order valence-corrected chi connectivity index (χ1v) is 9.39. The fourth-order valence-electron chi connectivity index (χ4n) is 2.86. The van der Waals surface area contributed by atoms with Gasteiger partial charge in [-0.15, -0.1) is 0 Å². The summed E-state index contributed by atoms with van der Waals surface area (Å²) in [7, 11) is 0. The fraction of sp³-hybridized carbons (Fsp3) is 0.0952. The third-order valence-corrected chi connectivity index (χ3v) is 4.50. The number of nitrogens with two attached hydrogens (primary N) is 1. The molecule has 0 fully saturated rings. The topological polar surface area (TPSA) is 80.4 Å². The summed E-state index contributed by atoms with van der Waals surface area (Å²) < 4.78 is 40.0. The molecular formula is C21H17F3N4O2S. The van der Waals surface area contributed by atoms with Gasteiger partial charge in [-0.25, -0.2) is 5.01 Å². The van der Waals surface area contributed by atoms with Crippen molar-refractivity contribution < 1.29 is 18.0 Å². The Hall–Kier alpha value is -3.66. The molecule has 10 heteroatoms. The zero-order chi connectivity index (χ0) is 22.6. The lowest BCUT2D eigenvalue weighted by molar-refractivity contribution is -0.137. The third kappa shape index (κ3) is 5.28. The Morgan fingerprint density at radius 2 is 1.77 bits per heavy atom. The van der Waals surface area contributed by atoms with Gasteiger partial charge in [0.2, 0.25) is 0 Å². The Balaban J connectivity index is 1.86. The molecule has 0 aliphatic carbocycles. The summed E-state index contributed by atoms with van der Waals surface area (Å²) in [6.07, 6.45) is -3.11. The second kappa shape index (κ2) is 9.00. The number of nitrogens with zero attached hydrogens (tertiary/aromatic N) is 2. The predicted octanol–water partition coefficient (Wildman–Crippen LogP) is 3.31. The van der Waals surface area contributed by atoms with Crippen LogP contribution in [0, 0.1) is 0 Å². The van der Waals surface area contributed by atoms with Gasteiger partial charge in [0.05, 0.1) is 17.8 Å². The van der Waals surface area contributed by atoms with Gasteiger partial charge in [0.25, 0.3) is 11.5 Å². The lowest BCUT2D eigenvalue weighted by Crippen LogP contribution is -2.50. The zero-order valence-corrected chi connectivity index (χ0v) is 16.8. The first-order chi connectivity index (χ1) is 14.7. The van der Waals surface area contributed by atoms with Crippen molar-refractivity contribution in [1.82, 2.24) is 9.99 Å². The molecule has 0 spiro atoms. The molecule has 31 heavy (non-hydrogen) atoms. The highest BCUT2D eigenvalue weighted by Crippen LogP contribution is 2.29. The van der Waals surface area contributed by atoms with E-state index in [2.05, 4.69) is 5.43 Å². The van der Waals surface area contributed by atoms with E-state index in [4.69, 9.17) is 18.0 Å². The Bertz CT molecular complexity index is 1160. The lowest BCUT2D eigenvalue weighted by atomic mass is 10.1. The van der Waals surface area contributed by atoms with Crippen LogP contribution in [-0.4, -0.2) is 15.6 Å². The zero-order valence-electron chi connectivity index (χ0n) is 16.0. The minimum absolute atomic E-state index is 0.137. The lowest BCUT2D eigenvalue weighted by Gasteiger charge is -2.23. The number of pyridine rings is 1. The molecule has 0 aliphatic heterocycles. The third-order valence-electron chi connectivity index (χ3n) is 4.32. The molecule has 6 nitrogen and oxygen atoms in total. The molecule has 0 aliphatic rings. The Morgan fingerprint density at radius 3 is 2.42 bits per heavy atom. The number of nitrogens with one attached hydrogen (secondary N) is 1. The summed E-state index contributed by atoms with van der Waals surface area (Å²) in [6, 6.07) is 15.9. The maximum atomic E-state index is 12.9. The van der Waals surface area contributed by atoms with Crippen molar-refractivity contribution in [1.29, 1.82) is 0 Å². The van der Waals surface area contributed by atoms with Crippen LogP contribution in [0.1, 0.15) is 21.5 Å². The van der Waals surface area contributed by atoms with Crippen LogP contribution in [-0.2, 0) is 12.7 Å². The summed E-state index contributed by atoms with van der Waals surface area (Å²) in [4.78, 5) is 25.5. The van der Waals surface area contributed by atoms with Crippen molar-refractivity contribution in [2.24, 2.45) is 5.73 Å². The molecule has 0 unspecified atom stereocenters. The Morgan fingerprint density at radius 1 is 1.06 bits per heavy atom. The van der Waals surface area contributed by atoms with Crippen molar-refractivity contribution in [2.75, 3.05) is 5.01 Å². The van der Waals surface area contributed by atoms with Gasteiger partial charge >= 0.3 is 6.18 Å². The summed E-state index contributed by atoms with van der Waals surface area (Å²) >= 11 is 4.97. The van der Waals surface area contributed by atoms with Crippen LogP contribution >= 0.6 is 12.2 Å². The number of amides is 1. The molecule has 0 radical (unpaired) electrons. The quantitative estimate of drug-likeness (QED) is 0.475. The summed E-state index contributed by atoms with van der Waals surface area (Å²) in [5.74, 6) is -0.764. The molecular weight excluding hydrogens is 429 g/mol. The van der Waals surface area contributed by atoms with E-state index in [-0.39, 0.29) is 22.8 Å². The number of anilines is 1. The number of rotatable bonds is 4. The van der Waals surface area contributed by atoms with E-state index in [9.17, 15) is 22.8 Å². The van der Waals surface area contributed by atoms with Gasteiger partial charge in [-0.05, 0) is 54.2 Å². The number of hydrogen-bond acceptors (Lipinski definition) is 3. The molecule has 160 valence electrons. The highest BCUT2D eigenvalue weighted by atomic mass is 32.1. The van der Waals surface area contributed by atoms with Gasteiger partial charge in [0, 0.05) is 6.20 Å². The van der Waals surface area contributed by atoms with E-state index in [1.807, 2.05) is 0 Å². The first-order valence-electron chi connectivity index (χ1n) is 8.98. The largest absolute Gasteiger partial charge is 0.416 e. The molecule has 1 amide bonds. The first kappa shape index (κ1) is 22.0. The van der Waals surface area contributed by atoms with E-state index in [1.165, 1.54) is 30.5 Å². The number of thiocarbonyl (C=S) groups is 1. The average Bonchev–Trinajstić information content (AvgIpc) is 2.73. The molecule has 3 aromatic rings. The molecule has 0 atom stereocenters. The SMILES string of the molecule is NC(=S)N(NC(=O)c1cccn(Cc2cccc(C(F)(F)F)c2)c1=O)c1ccccc1. The van der Waals surface area contributed by atoms with E-state index in [1.54, 1.807) is 30.3 Å². The molecule has 2 aromatic carbocycles. The van der Waals surface area contributed by atoms with Crippen molar-refractivity contribution in [3.8, 4) is 0 Å². The highest BCUT2D eigenvalue weighted by molar-refractivity contribution is 7.80. The average molecular weight is 446 g/mol. The van der Waals surface area contributed by atoms with E-state index in [0.29, 0.717) is 5.69 Å². The number of benzene rings is 2. The van der Waals surface area contributed by atoms with E-state index < -0.39 is 23.2 Å².